The van der Waals surface area contributed by atoms with Crippen molar-refractivity contribution in [1.29, 1.82) is 0 Å². The maximum Gasteiger partial charge on any atom is 0.415 e. The second-order valence-corrected chi connectivity index (χ2v) is 4.08. The lowest BCUT2D eigenvalue weighted by atomic mass is 10.3. The van der Waals surface area contributed by atoms with Gasteiger partial charge in [-0.15, -0.1) is 0 Å². The Morgan fingerprint density at radius 1 is 1.28 bits per heavy atom. The van der Waals surface area contributed by atoms with Gasteiger partial charge in [0.25, 0.3) is 6.29 Å². The van der Waals surface area contributed by atoms with Crippen LogP contribution in [0.25, 0.3) is 0 Å². The highest BCUT2D eigenvalue weighted by Crippen LogP contribution is 2.29. The highest BCUT2D eigenvalue weighted by atomic mass is 35.5. The lowest BCUT2D eigenvalue weighted by molar-refractivity contribution is -0.150. The first kappa shape index (κ1) is 12.7. The van der Waals surface area contributed by atoms with Crippen molar-refractivity contribution in [2.24, 2.45) is 0 Å². The predicted octanol–water partition coefficient (Wildman–Crippen LogP) is 2.81. The van der Waals surface area contributed by atoms with Crippen molar-refractivity contribution < 1.29 is 19.1 Å². The Kier molecular flexibility index (Phi) is 3.74. The lowest BCUT2D eigenvalue weighted by Crippen LogP contribution is -2.23. The van der Waals surface area contributed by atoms with Gasteiger partial charge in [-0.3, -0.25) is 5.32 Å². The molecule has 0 bridgehead atoms. The standard InChI is InChI=1S/C11H7Cl2NO4/c12-7-8(13)10(17-9(7)15)18-11(16)14-6-4-2-1-3-5-6/h1-5,10H,(H,14,16). The van der Waals surface area contributed by atoms with Gasteiger partial charge in [0, 0.05) is 5.69 Å². The Morgan fingerprint density at radius 3 is 2.50 bits per heavy atom. The van der Waals surface area contributed by atoms with E-state index in [0.29, 0.717) is 5.69 Å². The number of benzene rings is 1. The summed E-state index contributed by atoms with van der Waals surface area (Å²) in [4.78, 5) is 22.5. The molecule has 0 aromatic heterocycles. The van der Waals surface area contributed by atoms with Gasteiger partial charge in [0.2, 0.25) is 0 Å². The molecule has 18 heavy (non-hydrogen) atoms. The number of anilines is 1. The molecule has 0 fully saturated rings. The molecule has 94 valence electrons. The van der Waals surface area contributed by atoms with Crippen LogP contribution in [0.4, 0.5) is 10.5 Å². The molecule has 1 aliphatic rings. The number of carbonyl (C=O) groups is 2. The molecule has 1 aromatic carbocycles. The van der Waals surface area contributed by atoms with E-state index in [9.17, 15) is 9.59 Å². The van der Waals surface area contributed by atoms with E-state index in [1.54, 1.807) is 30.3 Å². The van der Waals surface area contributed by atoms with Gasteiger partial charge in [0.15, 0.2) is 0 Å². The monoisotopic (exact) mass is 287 g/mol. The Morgan fingerprint density at radius 2 is 1.94 bits per heavy atom. The fourth-order valence-electron chi connectivity index (χ4n) is 1.24. The minimum absolute atomic E-state index is 0.148. The minimum Gasteiger partial charge on any atom is -0.415 e. The molecular weight excluding hydrogens is 281 g/mol. The molecule has 1 aliphatic heterocycles. The third-order valence-electron chi connectivity index (χ3n) is 2.04. The number of nitrogens with one attached hydrogen (secondary N) is 1. The first-order valence-electron chi connectivity index (χ1n) is 4.87. The number of halogens is 2. The van der Waals surface area contributed by atoms with Crippen molar-refractivity contribution in [1.82, 2.24) is 0 Å². The summed E-state index contributed by atoms with van der Waals surface area (Å²) in [6.07, 6.45) is -2.10. The normalized spacial score (nSPS) is 18.6. The number of rotatable bonds is 2. The van der Waals surface area contributed by atoms with Crippen LogP contribution in [0.15, 0.2) is 40.4 Å². The molecule has 1 amide bonds. The zero-order chi connectivity index (χ0) is 13.1. The molecule has 1 aromatic rings. The quantitative estimate of drug-likeness (QED) is 0.850. The average Bonchev–Trinajstić information content (AvgIpc) is 2.58. The van der Waals surface area contributed by atoms with E-state index in [4.69, 9.17) is 27.9 Å². The Balaban J connectivity index is 1.96. The fraction of sp³-hybridized carbons (Fsp3) is 0.0909. The first-order chi connectivity index (χ1) is 8.58. The highest BCUT2D eigenvalue weighted by Gasteiger charge is 2.35. The number of cyclic esters (lactones) is 1. The van der Waals surface area contributed by atoms with Crippen LogP contribution in [-0.2, 0) is 14.3 Å². The van der Waals surface area contributed by atoms with Gasteiger partial charge in [0.05, 0.1) is 0 Å². The zero-order valence-electron chi connectivity index (χ0n) is 8.85. The van der Waals surface area contributed by atoms with Gasteiger partial charge in [-0.05, 0) is 12.1 Å². The number of esters is 1. The number of amides is 1. The van der Waals surface area contributed by atoms with Gasteiger partial charge in [-0.25, -0.2) is 9.59 Å². The van der Waals surface area contributed by atoms with Crippen LogP contribution in [0, 0.1) is 0 Å². The third-order valence-corrected chi connectivity index (χ3v) is 2.87. The predicted molar refractivity (Wildman–Crippen MR) is 65.2 cm³/mol. The molecule has 0 saturated carbocycles. The van der Waals surface area contributed by atoms with Crippen LogP contribution in [0.3, 0.4) is 0 Å². The molecule has 7 heteroatoms. The van der Waals surface area contributed by atoms with Crippen molar-refractivity contribution in [2.75, 3.05) is 5.32 Å². The van der Waals surface area contributed by atoms with E-state index in [-0.39, 0.29) is 10.1 Å². The van der Waals surface area contributed by atoms with E-state index < -0.39 is 18.4 Å². The Labute approximate surface area is 112 Å². The van der Waals surface area contributed by atoms with Crippen LogP contribution in [-0.4, -0.2) is 18.4 Å². The van der Waals surface area contributed by atoms with Crippen LogP contribution in [0.1, 0.15) is 0 Å². The molecule has 1 heterocycles. The van der Waals surface area contributed by atoms with Gasteiger partial charge in [0.1, 0.15) is 10.1 Å². The van der Waals surface area contributed by atoms with Crippen LogP contribution in [0.2, 0.25) is 0 Å². The molecule has 0 saturated heterocycles. The summed E-state index contributed by atoms with van der Waals surface area (Å²) in [6.45, 7) is 0. The Bertz CT molecular complexity index is 515. The van der Waals surface area contributed by atoms with Crippen molar-refractivity contribution in [2.45, 2.75) is 6.29 Å². The maximum absolute atomic E-state index is 11.5. The van der Waals surface area contributed by atoms with Crippen molar-refractivity contribution in [3.05, 3.63) is 40.4 Å². The molecule has 0 spiro atoms. The summed E-state index contributed by atoms with van der Waals surface area (Å²) < 4.78 is 9.44. The maximum atomic E-state index is 11.5. The molecular formula is C11H7Cl2NO4. The summed E-state index contributed by atoms with van der Waals surface area (Å²) in [6, 6.07) is 8.64. The van der Waals surface area contributed by atoms with E-state index in [1.807, 2.05) is 0 Å². The molecule has 1 unspecified atom stereocenters. The zero-order valence-corrected chi connectivity index (χ0v) is 10.4. The van der Waals surface area contributed by atoms with Gasteiger partial charge >= 0.3 is 12.1 Å². The molecule has 5 nitrogen and oxygen atoms in total. The van der Waals surface area contributed by atoms with Gasteiger partial charge in [-0.2, -0.15) is 0 Å². The summed E-state index contributed by atoms with van der Waals surface area (Å²) in [5, 5.41) is 2.01. The second kappa shape index (κ2) is 5.29. The number of ether oxygens (including phenoxy) is 2. The smallest absolute Gasteiger partial charge is 0.415 e. The number of hydrogen-bond acceptors (Lipinski definition) is 4. The van der Waals surface area contributed by atoms with E-state index in [1.165, 1.54) is 0 Å². The van der Waals surface area contributed by atoms with Crippen LogP contribution in [0.5, 0.6) is 0 Å². The summed E-state index contributed by atoms with van der Waals surface area (Å²) in [7, 11) is 0. The topological polar surface area (TPSA) is 64.6 Å². The molecule has 1 atom stereocenters. The number of para-hydroxylation sites is 1. The first-order valence-corrected chi connectivity index (χ1v) is 5.62. The molecule has 0 aliphatic carbocycles. The van der Waals surface area contributed by atoms with Crippen molar-refractivity contribution in [3.8, 4) is 0 Å². The van der Waals surface area contributed by atoms with Crippen LogP contribution >= 0.6 is 23.2 Å². The summed E-state index contributed by atoms with van der Waals surface area (Å²) in [5.41, 5.74) is 0.540. The summed E-state index contributed by atoms with van der Waals surface area (Å²) >= 11 is 11.2. The van der Waals surface area contributed by atoms with Crippen LogP contribution < -0.4 is 5.32 Å². The second-order valence-electron chi connectivity index (χ2n) is 3.30. The SMILES string of the molecule is O=C(Nc1ccccc1)OC1OC(=O)C(Cl)=C1Cl. The van der Waals surface area contributed by atoms with Crippen molar-refractivity contribution >= 4 is 41.0 Å². The van der Waals surface area contributed by atoms with E-state index >= 15 is 0 Å². The van der Waals surface area contributed by atoms with Crippen molar-refractivity contribution in [3.63, 3.8) is 0 Å². The molecule has 1 N–H and O–H groups in total. The summed E-state index contributed by atoms with van der Waals surface area (Å²) in [5.74, 6) is -0.820. The molecule has 0 radical (unpaired) electrons. The third kappa shape index (κ3) is 2.75. The molecule has 2 rings (SSSR count). The largest absolute Gasteiger partial charge is 0.415 e. The average molecular weight is 288 g/mol. The number of carbonyl (C=O) groups excluding carboxylic acids is 2. The van der Waals surface area contributed by atoms with Gasteiger partial charge < -0.3 is 9.47 Å². The Hall–Kier alpha value is -1.72. The van der Waals surface area contributed by atoms with E-state index in [0.717, 1.165) is 0 Å². The lowest BCUT2D eigenvalue weighted by Gasteiger charge is -2.12. The van der Waals surface area contributed by atoms with E-state index in [2.05, 4.69) is 10.1 Å². The number of hydrogen-bond donors (Lipinski definition) is 1. The minimum atomic E-state index is -1.30. The van der Waals surface area contributed by atoms with Gasteiger partial charge in [-0.1, -0.05) is 41.4 Å². The fourth-order valence-corrected chi connectivity index (χ4v) is 1.54. The highest BCUT2D eigenvalue weighted by molar-refractivity contribution is 6.48.